The molecule has 0 radical (unpaired) electrons. The van der Waals surface area contributed by atoms with E-state index in [1.165, 1.54) is 6.92 Å². The standard InChI is InChI=1S/C14H13BrN2O3/c1-8-3-4-10(16-9(2)18)7-11(8)17-14(19)12-5-6-13(15)20-12/h3-7H,1-2H3,(H,16,18)(H,17,19). The lowest BCUT2D eigenvalue weighted by Crippen LogP contribution is -2.13. The van der Waals surface area contributed by atoms with Crippen LogP contribution >= 0.6 is 15.9 Å². The summed E-state index contributed by atoms with van der Waals surface area (Å²) >= 11 is 3.14. The smallest absolute Gasteiger partial charge is 0.291 e. The molecule has 0 aliphatic carbocycles. The molecule has 0 fully saturated rings. The second kappa shape index (κ2) is 5.92. The minimum Gasteiger partial charge on any atom is -0.444 e. The summed E-state index contributed by atoms with van der Waals surface area (Å²) in [6.07, 6.45) is 0. The molecule has 1 aromatic carbocycles. The Hall–Kier alpha value is -2.08. The van der Waals surface area contributed by atoms with E-state index in [-0.39, 0.29) is 17.6 Å². The van der Waals surface area contributed by atoms with Gasteiger partial charge in [0.15, 0.2) is 10.4 Å². The number of carbonyl (C=O) groups excluding carboxylic acids is 2. The van der Waals surface area contributed by atoms with Gasteiger partial charge < -0.3 is 15.1 Å². The zero-order chi connectivity index (χ0) is 14.7. The van der Waals surface area contributed by atoms with Gasteiger partial charge >= 0.3 is 0 Å². The van der Waals surface area contributed by atoms with Gasteiger partial charge in [0.25, 0.3) is 5.91 Å². The van der Waals surface area contributed by atoms with Gasteiger partial charge in [-0.1, -0.05) is 6.07 Å². The molecule has 0 atom stereocenters. The van der Waals surface area contributed by atoms with Gasteiger partial charge in [-0.2, -0.15) is 0 Å². The highest BCUT2D eigenvalue weighted by Crippen LogP contribution is 2.22. The molecule has 20 heavy (non-hydrogen) atoms. The van der Waals surface area contributed by atoms with E-state index < -0.39 is 0 Å². The maximum atomic E-state index is 12.0. The Morgan fingerprint density at radius 1 is 1.15 bits per heavy atom. The van der Waals surface area contributed by atoms with Crippen LogP contribution in [0.15, 0.2) is 39.4 Å². The predicted molar refractivity (Wildman–Crippen MR) is 79.8 cm³/mol. The Balaban J connectivity index is 2.19. The maximum Gasteiger partial charge on any atom is 0.291 e. The fourth-order valence-electron chi connectivity index (χ4n) is 1.66. The Labute approximate surface area is 124 Å². The van der Waals surface area contributed by atoms with Crippen molar-refractivity contribution in [1.82, 2.24) is 0 Å². The highest BCUT2D eigenvalue weighted by atomic mass is 79.9. The van der Waals surface area contributed by atoms with E-state index in [9.17, 15) is 9.59 Å². The Bertz CT molecular complexity index is 664. The molecule has 6 heteroatoms. The van der Waals surface area contributed by atoms with E-state index in [0.717, 1.165) is 5.56 Å². The fourth-order valence-corrected chi connectivity index (χ4v) is 1.96. The van der Waals surface area contributed by atoms with Gasteiger partial charge in [0.2, 0.25) is 5.91 Å². The lowest BCUT2D eigenvalue weighted by Gasteiger charge is -2.10. The van der Waals surface area contributed by atoms with Gasteiger partial charge in [-0.15, -0.1) is 0 Å². The Kier molecular flexibility index (Phi) is 4.24. The van der Waals surface area contributed by atoms with E-state index >= 15 is 0 Å². The van der Waals surface area contributed by atoms with Gasteiger partial charge in [0.1, 0.15) is 0 Å². The van der Waals surface area contributed by atoms with Crippen LogP contribution in [0.2, 0.25) is 0 Å². The molecule has 0 saturated heterocycles. The largest absolute Gasteiger partial charge is 0.444 e. The molecule has 1 heterocycles. The number of hydrogen-bond donors (Lipinski definition) is 2. The summed E-state index contributed by atoms with van der Waals surface area (Å²) in [5, 5.41) is 5.42. The monoisotopic (exact) mass is 336 g/mol. The normalized spacial score (nSPS) is 10.2. The van der Waals surface area contributed by atoms with Crippen molar-refractivity contribution in [3.8, 4) is 0 Å². The predicted octanol–water partition coefficient (Wildman–Crippen LogP) is 3.56. The molecule has 0 aliphatic rings. The Morgan fingerprint density at radius 3 is 2.50 bits per heavy atom. The molecule has 2 amide bonds. The average molecular weight is 337 g/mol. The van der Waals surface area contributed by atoms with Crippen LogP contribution in [-0.4, -0.2) is 11.8 Å². The summed E-state index contributed by atoms with van der Waals surface area (Å²) < 4.78 is 5.68. The molecular formula is C14H13BrN2O3. The van der Waals surface area contributed by atoms with Crippen LogP contribution in [0.4, 0.5) is 11.4 Å². The number of furan rings is 1. The number of rotatable bonds is 3. The number of amides is 2. The van der Waals surface area contributed by atoms with Crippen LogP contribution in [0.3, 0.4) is 0 Å². The molecule has 2 N–H and O–H groups in total. The molecule has 0 aliphatic heterocycles. The molecule has 5 nitrogen and oxygen atoms in total. The summed E-state index contributed by atoms with van der Waals surface area (Å²) in [5.41, 5.74) is 2.13. The van der Waals surface area contributed by atoms with Crippen LogP contribution in [-0.2, 0) is 4.79 Å². The third-order valence-corrected chi connectivity index (χ3v) is 3.03. The van der Waals surface area contributed by atoms with Gasteiger partial charge in [-0.3, -0.25) is 9.59 Å². The van der Waals surface area contributed by atoms with Crippen molar-refractivity contribution in [3.05, 3.63) is 46.3 Å². The van der Waals surface area contributed by atoms with E-state index in [1.807, 2.05) is 13.0 Å². The van der Waals surface area contributed by atoms with E-state index in [4.69, 9.17) is 4.42 Å². The van der Waals surface area contributed by atoms with E-state index in [0.29, 0.717) is 16.0 Å². The van der Waals surface area contributed by atoms with Gasteiger partial charge in [0, 0.05) is 18.3 Å². The van der Waals surface area contributed by atoms with E-state index in [1.54, 1.807) is 24.3 Å². The first kappa shape index (κ1) is 14.3. The average Bonchev–Trinajstić information content (AvgIpc) is 2.79. The minimum atomic E-state index is -0.348. The van der Waals surface area contributed by atoms with Crippen LogP contribution in [0, 0.1) is 6.92 Å². The van der Waals surface area contributed by atoms with Gasteiger partial charge in [-0.25, -0.2) is 0 Å². The molecule has 0 spiro atoms. The van der Waals surface area contributed by atoms with Crippen molar-refractivity contribution in [2.75, 3.05) is 10.6 Å². The molecule has 104 valence electrons. The van der Waals surface area contributed by atoms with Crippen molar-refractivity contribution >= 4 is 39.1 Å². The quantitative estimate of drug-likeness (QED) is 0.900. The molecule has 2 aromatic rings. The zero-order valence-electron chi connectivity index (χ0n) is 11.0. The van der Waals surface area contributed by atoms with Crippen molar-refractivity contribution in [3.63, 3.8) is 0 Å². The van der Waals surface area contributed by atoms with Crippen LogP contribution in [0.1, 0.15) is 23.0 Å². The fraction of sp³-hybridized carbons (Fsp3) is 0.143. The minimum absolute atomic E-state index is 0.166. The first-order valence-electron chi connectivity index (χ1n) is 5.90. The molecule has 2 rings (SSSR count). The summed E-state index contributed by atoms with van der Waals surface area (Å²) in [6.45, 7) is 3.30. The second-order valence-corrected chi connectivity index (χ2v) is 5.05. The third-order valence-electron chi connectivity index (χ3n) is 2.60. The van der Waals surface area contributed by atoms with Crippen LogP contribution in [0.5, 0.6) is 0 Å². The number of benzene rings is 1. The highest BCUT2D eigenvalue weighted by molar-refractivity contribution is 9.10. The van der Waals surface area contributed by atoms with Crippen molar-refractivity contribution in [2.24, 2.45) is 0 Å². The summed E-state index contributed by atoms with van der Waals surface area (Å²) in [4.78, 5) is 23.0. The van der Waals surface area contributed by atoms with Crippen LogP contribution in [0.25, 0.3) is 0 Å². The zero-order valence-corrected chi connectivity index (χ0v) is 12.6. The molecule has 0 saturated carbocycles. The number of nitrogens with one attached hydrogen (secondary N) is 2. The first-order chi connectivity index (χ1) is 9.45. The molecule has 0 unspecified atom stereocenters. The SMILES string of the molecule is CC(=O)Nc1ccc(C)c(NC(=O)c2ccc(Br)o2)c1. The van der Waals surface area contributed by atoms with E-state index in [2.05, 4.69) is 26.6 Å². The lowest BCUT2D eigenvalue weighted by atomic mass is 10.1. The van der Waals surface area contributed by atoms with Crippen molar-refractivity contribution in [2.45, 2.75) is 13.8 Å². The summed E-state index contributed by atoms with van der Waals surface area (Å²) in [5.74, 6) is -0.305. The summed E-state index contributed by atoms with van der Waals surface area (Å²) in [7, 11) is 0. The molecule has 0 bridgehead atoms. The number of halogens is 1. The number of carbonyl (C=O) groups is 2. The topological polar surface area (TPSA) is 71.3 Å². The van der Waals surface area contributed by atoms with Crippen molar-refractivity contribution < 1.29 is 14.0 Å². The first-order valence-corrected chi connectivity index (χ1v) is 6.70. The number of hydrogen-bond acceptors (Lipinski definition) is 3. The second-order valence-electron chi connectivity index (χ2n) is 4.27. The number of anilines is 2. The highest BCUT2D eigenvalue weighted by Gasteiger charge is 2.12. The van der Waals surface area contributed by atoms with Gasteiger partial charge in [0.05, 0.1) is 0 Å². The van der Waals surface area contributed by atoms with Crippen molar-refractivity contribution in [1.29, 1.82) is 0 Å². The maximum absolute atomic E-state index is 12.0. The number of aryl methyl sites for hydroxylation is 1. The molecule has 1 aromatic heterocycles. The van der Waals surface area contributed by atoms with Crippen LogP contribution < -0.4 is 10.6 Å². The lowest BCUT2D eigenvalue weighted by molar-refractivity contribution is -0.114. The Morgan fingerprint density at radius 2 is 1.90 bits per heavy atom. The van der Waals surface area contributed by atoms with Gasteiger partial charge in [-0.05, 0) is 52.7 Å². The summed E-state index contributed by atoms with van der Waals surface area (Å²) in [6, 6.07) is 8.52. The third kappa shape index (κ3) is 3.48. The molecular weight excluding hydrogens is 324 g/mol.